The lowest BCUT2D eigenvalue weighted by Gasteiger charge is -2.17. The number of carboxylic acids is 1. The second-order valence-corrected chi connectivity index (χ2v) is 5.10. The zero-order valence-electron chi connectivity index (χ0n) is 9.03. The number of fused-ring (bicyclic) bond motifs is 1. The first-order valence-corrected chi connectivity index (χ1v) is 5.76. The minimum absolute atomic E-state index is 0.253. The molecule has 0 saturated heterocycles. The van der Waals surface area contributed by atoms with Crippen LogP contribution in [0.15, 0.2) is 17.0 Å². The molecule has 0 fully saturated rings. The third-order valence-corrected chi connectivity index (χ3v) is 3.86. The predicted octanol–water partition coefficient (Wildman–Crippen LogP) is 2.76. The first kappa shape index (κ1) is 11.4. The molecule has 1 N–H and O–H groups in total. The molecule has 1 aliphatic heterocycles. The van der Waals surface area contributed by atoms with Crippen LogP contribution < -0.4 is 0 Å². The van der Waals surface area contributed by atoms with E-state index < -0.39 is 11.8 Å². The number of aromatic carboxylic acids is 1. The van der Waals surface area contributed by atoms with E-state index in [-0.39, 0.29) is 5.56 Å². The molecule has 0 aliphatic carbocycles. The van der Waals surface area contributed by atoms with Crippen molar-refractivity contribution in [3.63, 3.8) is 0 Å². The van der Waals surface area contributed by atoms with Gasteiger partial charge in [-0.05, 0) is 43.5 Å². The van der Waals surface area contributed by atoms with Crippen LogP contribution in [0.1, 0.15) is 29.8 Å². The molecule has 1 aliphatic rings. The topological polar surface area (TPSA) is 40.5 Å². The van der Waals surface area contributed by atoms with Gasteiger partial charge in [-0.2, -0.15) is 0 Å². The van der Waals surface area contributed by atoms with Crippen molar-refractivity contribution in [2.75, 3.05) is 0 Å². The highest BCUT2D eigenvalue weighted by Gasteiger charge is 2.25. The molecular formula is C11H12FNO2S. The molecule has 3 nitrogen and oxygen atoms in total. The fraction of sp³-hybridized carbons (Fsp3) is 0.364. The van der Waals surface area contributed by atoms with Gasteiger partial charge >= 0.3 is 5.97 Å². The first-order chi connectivity index (χ1) is 7.49. The van der Waals surface area contributed by atoms with Crippen molar-refractivity contribution in [1.82, 2.24) is 4.31 Å². The monoisotopic (exact) mass is 241 g/mol. The fourth-order valence-electron chi connectivity index (χ4n) is 1.58. The predicted molar refractivity (Wildman–Crippen MR) is 59.9 cm³/mol. The van der Waals surface area contributed by atoms with Gasteiger partial charge in [-0.1, -0.05) is 0 Å². The SMILES string of the molecule is CC(C)N1Cc2cc(F)c(C(=O)O)cc2S1. The van der Waals surface area contributed by atoms with E-state index >= 15 is 0 Å². The highest BCUT2D eigenvalue weighted by molar-refractivity contribution is 7.97. The molecule has 0 spiro atoms. The smallest absolute Gasteiger partial charge is 0.338 e. The molecule has 0 aromatic heterocycles. The molecule has 0 saturated carbocycles. The van der Waals surface area contributed by atoms with Crippen molar-refractivity contribution in [2.45, 2.75) is 31.3 Å². The number of carbonyl (C=O) groups is 1. The van der Waals surface area contributed by atoms with Crippen LogP contribution in [-0.2, 0) is 6.54 Å². The summed E-state index contributed by atoms with van der Waals surface area (Å²) in [7, 11) is 0. The summed E-state index contributed by atoms with van der Waals surface area (Å²) in [5.74, 6) is -1.87. The van der Waals surface area contributed by atoms with E-state index in [2.05, 4.69) is 4.31 Å². The van der Waals surface area contributed by atoms with Gasteiger partial charge in [0.1, 0.15) is 5.82 Å². The Labute approximate surface area is 97.4 Å². The number of benzene rings is 1. The summed E-state index contributed by atoms with van der Waals surface area (Å²) in [5, 5.41) is 8.81. The number of halogens is 1. The molecule has 0 bridgehead atoms. The maximum absolute atomic E-state index is 13.4. The molecule has 0 unspecified atom stereocenters. The van der Waals surface area contributed by atoms with Crippen LogP contribution in [0.4, 0.5) is 4.39 Å². The van der Waals surface area contributed by atoms with Crippen LogP contribution in [0.3, 0.4) is 0 Å². The summed E-state index contributed by atoms with van der Waals surface area (Å²) in [6.45, 7) is 4.76. The molecule has 0 amide bonds. The number of rotatable bonds is 2. The molecule has 2 rings (SSSR count). The second-order valence-electron chi connectivity index (χ2n) is 4.01. The summed E-state index contributed by atoms with van der Waals surface area (Å²) < 4.78 is 15.5. The van der Waals surface area contributed by atoms with Crippen LogP contribution >= 0.6 is 11.9 Å². The molecule has 0 atom stereocenters. The Morgan fingerprint density at radius 2 is 2.25 bits per heavy atom. The van der Waals surface area contributed by atoms with E-state index in [1.165, 1.54) is 24.1 Å². The van der Waals surface area contributed by atoms with Crippen molar-refractivity contribution in [1.29, 1.82) is 0 Å². The highest BCUT2D eigenvalue weighted by Crippen LogP contribution is 2.38. The van der Waals surface area contributed by atoms with Crippen molar-refractivity contribution in [3.05, 3.63) is 29.1 Å². The van der Waals surface area contributed by atoms with Gasteiger partial charge in [-0.25, -0.2) is 13.5 Å². The summed E-state index contributed by atoms with van der Waals surface area (Å²) in [5.41, 5.74) is 0.609. The number of carboxylic acid groups (broad SMARTS) is 1. The quantitative estimate of drug-likeness (QED) is 0.808. The average molecular weight is 241 g/mol. The molecular weight excluding hydrogens is 229 g/mol. The highest BCUT2D eigenvalue weighted by atomic mass is 32.2. The van der Waals surface area contributed by atoms with Crippen LogP contribution in [0.25, 0.3) is 0 Å². The van der Waals surface area contributed by atoms with Crippen molar-refractivity contribution in [3.8, 4) is 0 Å². The minimum Gasteiger partial charge on any atom is -0.478 e. The van der Waals surface area contributed by atoms with Crippen LogP contribution in [0.5, 0.6) is 0 Å². The molecule has 0 radical (unpaired) electrons. The van der Waals surface area contributed by atoms with Gasteiger partial charge in [0, 0.05) is 17.5 Å². The molecule has 16 heavy (non-hydrogen) atoms. The van der Waals surface area contributed by atoms with Crippen LogP contribution in [0.2, 0.25) is 0 Å². The van der Waals surface area contributed by atoms with Crippen LogP contribution in [-0.4, -0.2) is 21.4 Å². The Bertz CT molecular complexity index is 448. The van der Waals surface area contributed by atoms with E-state index in [4.69, 9.17) is 5.11 Å². The van der Waals surface area contributed by atoms with Gasteiger partial charge in [0.2, 0.25) is 0 Å². The summed E-state index contributed by atoms with van der Waals surface area (Å²) in [4.78, 5) is 11.6. The van der Waals surface area contributed by atoms with Crippen molar-refractivity contribution < 1.29 is 14.3 Å². The van der Waals surface area contributed by atoms with Gasteiger partial charge < -0.3 is 5.11 Å². The Morgan fingerprint density at radius 3 is 2.81 bits per heavy atom. The molecule has 5 heteroatoms. The molecule has 86 valence electrons. The normalized spacial score (nSPS) is 15.5. The molecule has 1 heterocycles. The van der Waals surface area contributed by atoms with E-state index in [0.29, 0.717) is 12.6 Å². The van der Waals surface area contributed by atoms with Crippen LogP contribution in [0, 0.1) is 5.82 Å². The Hall–Kier alpha value is -1.07. The average Bonchev–Trinajstić information content (AvgIpc) is 2.58. The zero-order valence-corrected chi connectivity index (χ0v) is 9.84. The van der Waals surface area contributed by atoms with E-state index in [1.807, 2.05) is 13.8 Å². The maximum Gasteiger partial charge on any atom is 0.338 e. The lowest BCUT2D eigenvalue weighted by atomic mass is 10.1. The third kappa shape index (κ3) is 1.92. The third-order valence-electron chi connectivity index (χ3n) is 2.50. The number of hydrogen-bond donors (Lipinski definition) is 1. The van der Waals surface area contributed by atoms with E-state index in [0.717, 1.165) is 10.5 Å². The Kier molecular flexibility index (Phi) is 2.90. The van der Waals surface area contributed by atoms with Gasteiger partial charge in [0.15, 0.2) is 0 Å². The minimum atomic E-state index is -1.22. The molecule has 1 aromatic rings. The summed E-state index contributed by atoms with van der Waals surface area (Å²) in [6, 6.07) is 3.09. The number of hydrogen-bond acceptors (Lipinski definition) is 3. The Morgan fingerprint density at radius 1 is 1.56 bits per heavy atom. The first-order valence-electron chi connectivity index (χ1n) is 4.99. The van der Waals surface area contributed by atoms with E-state index in [1.54, 1.807) is 0 Å². The summed E-state index contributed by atoms with van der Waals surface area (Å²) in [6.07, 6.45) is 0. The fourth-order valence-corrected chi connectivity index (χ4v) is 2.66. The lowest BCUT2D eigenvalue weighted by molar-refractivity contribution is 0.0691. The standard InChI is InChI=1S/C11H12FNO2S/c1-6(2)13-5-7-3-9(12)8(11(14)15)4-10(7)16-13/h3-4,6H,5H2,1-2H3,(H,14,15). The van der Waals surface area contributed by atoms with Crippen molar-refractivity contribution >= 4 is 17.9 Å². The number of nitrogens with zero attached hydrogens (tertiary/aromatic N) is 1. The van der Waals surface area contributed by atoms with Gasteiger partial charge in [-0.3, -0.25) is 0 Å². The van der Waals surface area contributed by atoms with Gasteiger partial charge in [-0.15, -0.1) is 0 Å². The maximum atomic E-state index is 13.4. The molecule has 1 aromatic carbocycles. The van der Waals surface area contributed by atoms with Gasteiger partial charge in [0.05, 0.1) is 5.56 Å². The van der Waals surface area contributed by atoms with Crippen molar-refractivity contribution in [2.24, 2.45) is 0 Å². The largest absolute Gasteiger partial charge is 0.478 e. The Balaban J connectivity index is 2.37. The summed E-state index contributed by atoms with van der Waals surface area (Å²) >= 11 is 1.49. The zero-order chi connectivity index (χ0) is 11.9. The lowest BCUT2D eigenvalue weighted by Crippen LogP contribution is -2.18. The van der Waals surface area contributed by atoms with E-state index in [9.17, 15) is 9.18 Å². The van der Waals surface area contributed by atoms with Gasteiger partial charge in [0.25, 0.3) is 0 Å². The second kappa shape index (κ2) is 4.07.